The molecule has 1 aliphatic carbocycles. The molecule has 5 nitrogen and oxygen atoms in total. The summed E-state index contributed by atoms with van der Waals surface area (Å²) in [7, 11) is 0. The van der Waals surface area contributed by atoms with Crippen LogP contribution in [0, 0.1) is 12.3 Å². The number of aryl methyl sites for hydroxylation is 1. The monoisotopic (exact) mass is 237 g/mol. The average Bonchev–Trinajstić information content (AvgIpc) is 2.59. The van der Waals surface area contributed by atoms with Crippen molar-refractivity contribution in [2.45, 2.75) is 46.6 Å². The lowest BCUT2D eigenvalue weighted by Gasteiger charge is -2.38. The highest BCUT2D eigenvalue weighted by Gasteiger charge is 2.34. The number of carbonyl (C=O) groups excluding carboxylic acids is 1. The highest BCUT2D eigenvalue weighted by molar-refractivity contribution is 5.85. The average molecular weight is 237 g/mol. The second kappa shape index (κ2) is 4.47. The van der Waals surface area contributed by atoms with Gasteiger partial charge in [0.15, 0.2) is 0 Å². The highest BCUT2D eigenvalue weighted by Crippen LogP contribution is 2.42. The minimum absolute atomic E-state index is 0.286. The number of esters is 1. The number of hydrogen-bond donors (Lipinski definition) is 0. The maximum atomic E-state index is 11.7. The Bertz CT molecular complexity index is 421. The summed E-state index contributed by atoms with van der Waals surface area (Å²) in [6.07, 6.45) is 3.67. The van der Waals surface area contributed by atoms with Crippen molar-refractivity contribution in [1.29, 1.82) is 0 Å². The molecule has 1 fully saturated rings. The van der Waals surface area contributed by atoms with Crippen LogP contribution in [0.25, 0.3) is 0 Å². The largest absolute Gasteiger partial charge is 0.460 e. The highest BCUT2D eigenvalue weighted by atomic mass is 16.5. The predicted molar refractivity (Wildman–Crippen MR) is 62.7 cm³/mol. The number of carbonyl (C=O) groups is 1. The van der Waals surface area contributed by atoms with E-state index in [-0.39, 0.29) is 11.4 Å². The van der Waals surface area contributed by atoms with Crippen LogP contribution in [-0.2, 0) is 11.3 Å². The van der Waals surface area contributed by atoms with E-state index >= 15 is 0 Å². The van der Waals surface area contributed by atoms with Crippen LogP contribution in [0.3, 0.4) is 0 Å². The molecule has 0 atom stereocenters. The van der Waals surface area contributed by atoms with Crippen LogP contribution < -0.4 is 0 Å². The summed E-state index contributed by atoms with van der Waals surface area (Å²) in [6.45, 7) is 7.07. The van der Waals surface area contributed by atoms with Crippen molar-refractivity contribution in [3.63, 3.8) is 0 Å². The van der Waals surface area contributed by atoms with E-state index in [1.807, 2.05) is 11.5 Å². The van der Waals surface area contributed by atoms with Crippen molar-refractivity contribution in [1.82, 2.24) is 14.8 Å². The maximum absolute atomic E-state index is 11.7. The molecule has 1 heterocycles. The molecule has 0 spiro atoms. The standard InChI is InChI=1S/C12H19N3O2/c1-4-17-11(16)10-14-13-9(2)15(10)8-12(3)6-5-7-12/h4-8H2,1-3H3. The normalized spacial score (nSPS) is 17.6. The number of aromatic nitrogens is 3. The first-order chi connectivity index (χ1) is 8.06. The van der Waals surface area contributed by atoms with E-state index in [1.54, 1.807) is 6.92 Å². The van der Waals surface area contributed by atoms with E-state index in [0.29, 0.717) is 12.4 Å². The van der Waals surface area contributed by atoms with E-state index < -0.39 is 0 Å². The van der Waals surface area contributed by atoms with Gasteiger partial charge in [-0.3, -0.25) is 0 Å². The van der Waals surface area contributed by atoms with Crippen molar-refractivity contribution in [3.05, 3.63) is 11.6 Å². The van der Waals surface area contributed by atoms with Gasteiger partial charge in [-0.15, -0.1) is 10.2 Å². The lowest BCUT2D eigenvalue weighted by molar-refractivity contribution is 0.0495. The van der Waals surface area contributed by atoms with E-state index in [0.717, 1.165) is 12.4 Å². The van der Waals surface area contributed by atoms with Crippen LogP contribution in [0.2, 0.25) is 0 Å². The van der Waals surface area contributed by atoms with Gasteiger partial charge in [-0.05, 0) is 32.1 Å². The molecule has 1 aliphatic rings. The summed E-state index contributed by atoms with van der Waals surface area (Å²) in [5.74, 6) is 0.731. The zero-order valence-electron chi connectivity index (χ0n) is 10.7. The summed E-state index contributed by atoms with van der Waals surface area (Å²) >= 11 is 0. The summed E-state index contributed by atoms with van der Waals surface area (Å²) in [6, 6.07) is 0. The Kier molecular flexibility index (Phi) is 3.17. The number of nitrogens with zero attached hydrogens (tertiary/aromatic N) is 3. The van der Waals surface area contributed by atoms with E-state index in [2.05, 4.69) is 17.1 Å². The Balaban J connectivity index is 2.20. The number of hydrogen-bond acceptors (Lipinski definition) is 4. The van der Waals surface area contributed by atoms with E-state index in [4.69, 9.17) is 4.74 Å². The number of rotatable bonds is 4. The Hall–Kier alpha value is -1.39. The molecule has 0 aliphatic heterocycles. The van der Waals surface area contributed by atoms with Gasteiger partial charge in [0.25, 0.3) is 0 Å². The molecule has 2 rings (SSSR count). The molecule has 0 amide bonds. The third-order valence-corrected chi connectivity index (χ3v) is 3.49. The maximum Gasteiger partial charge on any atom is 0.376 e. The molecule has 1 saturated carbocycles. The Morgan fingerprint density at radius 2 is 2.18 bits per heavy atom. The second-order valence-electron chi connectivity index (χ2n) is 5.04. The molecule has 5 heteroatoms. The molecule has 0 aromatic carbocycles. The fourth-order valence-corrected chi connectivity index (χ4v) is 2.24. The van der Waals surface area contributed by atoms with Crippen LogP contribution in [0.15, 0.2) is 0 Å². The van der Waals surface area contributed by atoms with E-state index in [1.165, 1.54) is 19.3 Å². The minimum atomic E-state index is -0.379. The van der Waals surface area contributed by atoms with Gasteiger partial charge in [0, 0.05) is 6.54 Å². The lowest BCUT2D eigenvalue weighted by atomic mass is 9.70. The van der Waals surface area contributed by atoms with Gasteiger partial charge in [0.05, 0.1) is 6.61 Å². The minimum Gasteiger partial charge on any atom is -0.460 e. The molecule has 1 aromatic heterocycles. The smallest absolute Gasteiger partial charge is 0.376 e. The topological polar surface area (TPSA) is 57.0 Å². The number of ether oxygens (including phenoxy) is 1. The summed E-state index contributed by atoms with van der Waals surface area (Å²) < 4.78 is 6.87. The van der Waals surface area contributed by atoms with Crippen molar-refractivity contribution in [3.8, 4) is 0 Å². The summed E-state index contributed by atoms with van der Waals surface area (Å²) in [5, 5.41) is 7.89. The quantitative estimate of drug-likeness (QED) is 0.751. The predicted octanol–water partition coefficient (Wildman–Crippen LogP) is 1.95. The zero-order valence-corrected chi connectivity index (χ0v) is 10.7. The van der Waals surface area contributed by atoms with Crippen molar-refractivity contribution in [2.24, 2.45) is 5.41 Å². The molecule has 94 valence electrons. The van der Waals surface area contributed by atoms with Gasteiger partial charge in [-0.1, -0.05) is 13.3 Å². The second-order valence-corrected chi connectivity index (χ2v) is 5.04. The lowest BCUT2D eigenvalue weighted by Crippen LogP contribution is -2.32. The Morgan fingerprint density at radius 3 is 2.71 bits per heavy atom. The summed E-state index contributed by atoms with van der Waals surface area (Å²) in [5.41, 5.74) is 0.286. The van der Waals surface area contributed by atoms with Crippen LogP contribution >= 0.6 is 0 Å². The molecule has 0 bridgehead atoms. The van der Waals surface area contributed by atoms with Crippen molar-refractivity contribution >= 4 is 5.97 Å². The van der Waals surface area contributed by atoms with Crippen molar-refractivity contribution in [2.75, 3.05) is 6.61 Å². The first-order valence-electron chi connectivity index (χ1n) is 6.13. The first-order valence-corrected chi connectivity index (χ1v) is 6.13. The van der Waals surface area contributed by atoms with Crippen LogP contribution in [0.1, 0.15) is 49.6 Å². The SMILES string of the molecule is CCOC(=O)c1nnc(C)n1CC1(C)CCC1. The third-order valence-electron chi connectivity index (χ3n) is 3.49. The molecule has 0 saturated heterocycles. The summed E-state index contributed by atoms with van der Waals surface area (Å²) in [4.78, 5) is 11.7. The van der Waals surface area contributed by atoms with Crippen LogP contribution in [0.5, 0.6) is 0 Å². The van der Waals surface area contributed by atoms with Gasteiger partial charge >= 0.3 is 5.97 Å². The van der Waals surface area contributed by atoms with Gasteiger partial charge in [0.2, 0.25) is 5.82 Å². The van der Waals surface area contributed by atoms with Crippen LogP contribution in [-0.4, -0.2) is 27.3 Å². The first kappa shape index (κ1) is 12.1. The van der Waals surface area contributed by atoms with Gasteiger partial charge in [-0.2, -0.15) is 0 Å². The molecule has 0 unspecified atom stereocenters. The zero-order chi connectivity index (χ0) is 12.5. The third kappa shape index (κ3) is 2.33. The van der Waals surface area contributed by atoms with Gasteiger partial charge in [0.1, 0.15) is 5.82 Å². The molecule has 0 radical (unpaired) electrons. The molecule has 0 N–H and O–H groups in total. The van der Waals surface area contributed by atoms with Crippen LogP contribution in [0.4, 0.5) is 0 Å². The van der Waals surface area contributed by atoms with Crippen molar-refractivity contribution < 1.29 is 9.53 Å². The van der Waals surface area contributed by atoms with E-state index in [9.17, 15) is 4.79 Å². The molecule has 1 aromatic rings. The Labute approximate surface area is 101 Å². The fourth-order valence-electron chi connectivity index (χ4n) is 2.24. The molecule has 17 heavy (non-hydrogen) atoms. The molecular weight excluding hydrogens is 218 g/mol. The Morgan fingerprint density at radius 1 is 1.47 bits per heavy atom. The van der Waals surface area contributed by atoms with Gasteiger partial charge in [-0.25, -0.2) is 4.79 Å². The molecular formula is C12H19N3O2. The van der Waals surface area contributed by atoms with Gasteiger partial charge < -0.3 is 9.30 Å². The fraction of sp³-hybridized carbons (Fsp3) is 0.750.